The second-order valence-electron chi connectivity index (χ2n) is 4.34. The van der Waals surface area contributed by atoms with Crippen LogP contribution in [0.25, 0.3) is 0 Å². The summed E-state index contributed by atoms with van der Waals surface area (Å²) >= 11 is 0. The molecule has 1 saturated carbocycles. The van der Waals surface area contributed by atoms with Crippen molar-refractivity contribution in [2.45, 2.75) is 36.7 Å². The highest BCUT2D eigenvalue weighted by Crippen LogP contribution is 2.24. The molecule has 19 heavy (non-hydrogen) atoms. The quantitative estimate of drug-likeness (QED) is 0.656. The van der Waals surface area contributed by atoms with Crippen LogP contribution in [0.15, 0.2) is 29.2 Å². The van der Waals surface area contributed by atoms with Crippen LogP contribution in [0, 0.1) is 10.1 Å². The van der Waals surface area contributed by atoms with E-state index in [4.69, 9.17) is 4.84 Å². The van der Waals surface area contributed by atoms with E-state index in [1.165, 1.54) is 18.2 Å². The molecule has 1 aromatic carbocycles. The summed E-state index contributed by atoms with van der Waals surface area (Å²) in [4.78, 5) is 16.8. The lowest BCUT2D eigenvalue weighted by atomic mass is 10.3. The van der Waals surface area contributed by atoms with Gasteiger partial charge in [-0.25, -0.2) is 8.42 Å². The molecular weight excluding hydrogens is 272 g/mol. The van der Waals surface area contributed by atoms with E-state index >= 15 is 0 Å². The van der Waals surface area contributed by atoms with Gasteiger partial charge in [-0.1, -0.05) is 29.9 Å². The molecule has 1 aliphatic carbocycles. The molecule has 0 unspecified atom stereocenters. The molecule has 7 nitrogen and oxygen atoms in total. The smallest absolute Gasteiger partial charge is 0.284 e. The lowest BCUT2D eigenvalue weighted by Crippen LogP contribution is -2.29. The Kier molecular flexibility index (Phi) is 4.13. The number of nitrogens with zero attached hydrogens (tertiary/aromatic N) is 1. The number of sulfonamides is 1. The summed E-state index contributed by atoms with van der Waals surface area (Å²) in [6.45, 7) is 0. The number of hydrogen-bond donors (Lipinski definition) is 1. The molecule has 0 saturated heterocycles. The van der Waals surface area contributed by atoms with E-state index in [2.05, 4.69) is 0 Å². The van der Waals surface area contributed by atoms with Crippen LogP contribution < -0.4 is 4.89 Å². The maximum atomic E-state index is 12.0. The Morgan fingerprint density at radius 3 is 2.53 bits per heavy atom. The molecule has 0 spiro atoms. The monoisotopic (exact) mass is 286 g/mol. The van der Waals surface area contributed by atoms with Gasteiger partial charge in [-0.3, -0.25) is 15.0 Å². The minimum atomic E-state index is -4.04. The van der Waals surface area contributed by atoms with Crippen molar-refractivity contribution in [3.63, 3.8) is 0 Å². The fraction of sp³-hybridized carbons (Fsp3) is 0.455. The molecule has 1 fully saturated rings. The lowest BCUT2D eigenvalue weighted by Gasteiger charge is -2.11. The second kappa shape index (κ2) is 5.64. The van der Waals surface area contributed by atoms with Gasteiger partial charge in [-0.2, -0.15) is 0 Å². The molecule has 0 aromatic heterocycles. The zero-order chi connectivity index (χ0) is 13.9. The van der Waals surface area contributed by atoms with Crippen LogP contribution >= 0.6 is 0 Å². The van der Waals surface area contributed by atoms with Gasteiger partial charge < -0.3 is 0 Å². The van der Waals surface area contributed by atoms with Gasteiger partial charge in [-0.15, -0.1) is 0 Å². The van der Waals surface area contributed by atoms with Crippen LogP contribution in [0.4, 0.5) is 5.69 Å². The van der Waals surface area contributed by atoms with Gasteiger partial charge in [0.15, 0.2) is 4.90 Å². The molecule has 8 heteroatoms. The average molecular weight is 286 g/mol. The molecule has 1 N–H and O–H groups in total. The highest BCUT2D eigenvalue weighted by atomic mass is 32.2. The highest BCUT2D eigenvalue weighted by molar-refractivity contribution is 7.89. The maximum absolute atomic E-state index is 12.0. The normalized spacial score (nSPS) is 16.6. The van der Waals surface area contributed by atoms with E-state index in [0.29, 0.717) is 0 Å². The average Bonchev–Trinajstić information content (AvgIpc) is 2.89. The Balaban J connectivity index is 2.17. The fourth-order valence-corrected chi connectivity index (χ4v) is 3.05. The van der Waals surface area contributed by atoms with Gasteiger partial charge in [0.25, 0.3) is 15.7 Å². The summed E-state index contributed by atoms with van der Waals surface area (Å²) < 4.78 is 23.9. The van der Waals surface area contributed by atoms with E-state index in [9.17, 15) is 18.5 Å². The molecule has 0 aliphatic heterocycles. The maximum Gasteiger partial charge on any atom is 0.289 e. The van der Waals surface area contributed by atoms with Crippen molar-refractivity contribution in [1.82, 2.24) is 4.89 Å². The third-order valence-corrected chi connectivity index (χ3v) is 4.22. The predicted molar refractivity (Wildman–Crippen MR) is 66.8 cm³/mol. The second-order valence-corrected chi connectivity index (χ2v) is 5.95. The largest absolute Gasteiger partial charge is 0.289 e. The van der Waals surface area contributed by atoms with Crippen LogP contribution in [-0.2, 0) is 14.9 Å². The minimum absolute atomic E-state index is 0.155. The molecule has 1 aliphatic rings. The van der Waals surface area contributed by atoms with Crippen molar-refractivity contribution >= 4 is 15.7 Å². The van der Waals surface area contributed by atoms with Crippen molar-refractivity contribution in [2.24, 2.45) is 0 Å². The van der Waals surface area contributed by atoms with Gasteiger partial charge in [0.1, 0.15) is 0 Å². The van der Waals surface area contributed by atoms with Crippen LogP contribution in [0.2, 0.25) is 0 Å². The SMILES string of the molecule is O=[N+]([O-])c1ccccc1S(=O)(=O)NOC1CCCC1. The molecule has 0 radical (unpaired) electrons. The zero-order valence-corrected chi connectivity index (χ0v) is 10.9. The van der Waals surface area contributed by atoms with Crippen molar-refractivity contribution in [1.29, 1.82) is 0 Å². The summed E-state index contributed by atoms with van der Waals surface area (Å²) in [5, 5.41) is 10.8. The van der Waals surface area contributed by atoms with E-state index < -0.39 is 25.5 Å². The standard InChI is InChI=1S/C11H14N2O5S/c14-13(15)10-7-3-4-8-11(10)19(16,17)12-18-9-5-1-2-6-9/h3-4,7-9,12H,1-2,5-6H2. The first-order chi connectivity index (χ1) is 9.00. The summed E-state index contributed by atoms with van der Waals surface area (Å²) in [6, 6.07) is 5.16. The summed E-state index contributed by atoms with van der Waals surface area (Å²) in [7, 11) is -4.04. The van der Waals surface area contributed by atoms with Crippen LogP contribution in [-0.4, -0.2) is 19.4 Å². The van der Waals surface area contributed by atoms with Gasteiger partial charge in [-0.05, 0) is 18.9 Å². The third kappa shape index (κ3) is 3.28. The van der Waals surface area contributed by atoms with Crippen LogP contribution in [0.3, 0.4) is 0 Å². The Morgan fingerprint density at radius 2 is 1.89 bits per heavy atom. The minimum Gasteiger partial charge on any atom is -0.284 e. The number of hydrogen-bond acceptors (Lipinski definition) is 5. The number of rotatable bonds is 5. The number of benzene rings is 1. The van der Waals surface area contributed by atoms with E-state index in [-0.39, 0.29) is 6.10 Å². The molecule has 0 amide bonds. The number of nitrogens with one attached hydrogen (secondary N) is 1. The molecule has 0 atom stereocenters. The van der Waals surface area contributed by atoms with Crippen LogP contribution in [0.5, 0.6) is 0 Å². The topological polar surface area (TPSA) is 98.5 Å². The van der Waals surface area contributed by atoms with E-state index in [1.807, 2.05) is 4.89 Å². The number of para-hydroxylation sites is 1. The van der Waals surface area contributed by atoms with Crippen molar-refractivity contribution in [3.8, 4) is 0 Å². The molecule has 104 valence electrons. The molecule has 0 heterocycles. The Labute approximate surface area is 110 Å². The zero-order valence-electron chi connectivity index (χ0n) is 10.1. The third-order valence-electron chi connectivity index (χ3n) is 2.98. The molecular formula is C11H14N2O5S. The highest BCUT2D eigenvalue weighted by Gasteiger charge is 2.27. The number of nitro groups is 1. The molecule has 2 rings (SSSR count). The van der Waals surface area contributed by atoms with E-state index in [1.54, 1.807) is 0 Å². The first-order valence-corrected chi connectivity index (χ1v) is 7.40. The van der Waals surface area contributed by atoms with Crippen molar-refractivity contribution < 1.29 is 18.2 Å². The van der Waals surface area contributed by atoms with Gasteiger partial charge in [0, 0.05) is 6.07 Å². The molecule has 1 aromatic rings. The fourth-order valence-electron chi connectivity index (χ4n) is 2.02. The van der Waals surface area contributed by atoms with Gasteiger partial charge in [0.05, 0.1) is 11.0 Å². The Hall–Kier alpha value is -1.51. The van der Waals surface area contributed by atoms with Crippen molar-refractivity contribution in [2.75, 3.05) is 0 Å². The Bertz CT molecular complexity index is 566. The number of nitro benzene ring substituents is 1. The van der Waals surface area contributed by atoms with Gasteiger partial charge >= 0.3 is 0 Å². The van der Waals surface area contributed by atoms with E-state index in [0.717, 1.165) is 31.7 Å². The first-order valence-electron chi connectivity index (χ1n) is 5.91. The molecule has 0 bridgehead atoms. The van der Waals surface area contributed by atoms with Crippen molar-refractivity contribution in [3.05, 3.63) is 34.4 Å². The summed E-state index contributed by atoms with van der Waals surface area (Å²) in [6.07, 6.45) is 3.42. The summed E-state index contributed by atoms with van der Waals surface area (Å²) in [5.41, 5.74) is -0.468. The Morgan fingerprint density at radius 1 is 1.26 bits per heavy atom. The lowest BCUT2D eigenvalue weighted by molar-refractivity contribution is -0.387. The van der Waals surface area contributed by atoms with Gasteiger partial charge in [0.2, 0.25) is 0 Å². The predicted octanol–water partition coefficient (Wildman–Crippen LogP) is 1.75. The summed E-state index contributed by atoms with van der Waals surface area (Å²) in [5.74, 6) is 0. The van der Waals surface area contributed by atoms with Crippen LogP contribution in [0.1, 0.15) is 25.7 Å². The first kappa shape index (κ1) is 13.9.